The molecule has 106 valence electrons. The van der Waals surface area contributed by atoms with Gasteiger partial charge in [0.05, 0.1) is 22.5 Å². The molecule has 7 nitrogen and oxygen atoms in total. The second kappa shape index (κ2) is 5.79. The number of nitrogens with zero attached hydrogens (tertiary/aromatic N) is 4. The lowest BCUT2D eigenvalue weighted by Gasteiger charge is -2.06. The average molecular weight is 275 g/mol. The fourth-order valence-corrected chi connectivity index (χ4v) is 1.98. The predicted molar refractivity (Wildman–Crippen MR) is 74.9 cm³/mol. The number of hydrogen-bond acceptors (Lipinski definition) is 5. The molecule has 1 N–H and O–H groups in total. The molecule has 0 unspecified atom stereocenters. The summed E-state index contributed by atoms with van der Waals surface area (Å²) >= 11 is 0. The third kappa shape index (κ3) is 2.83. The van der Waals surface area contributed by atoms with Crippen LogP contribution in [0.5, 0.6) is 0 Å². The number of aryl methyl sites for hydroxylation is 2. The van der Waals surface area contributed by atoms with Crippen LogP contribution in [0.25, 0.3) is 5.69 Å². The highest BCUT2D eigenvalue weighted by molar-refractivity contribution is 5.52. The van der Waals surface area contributed by atoms with E-state index in [1.165, 1.54) is 0 Å². The van der Waals surface area contributed by atoms with Gasteiger partial charge in [0.2, 0.25) is 0 Å². The van der Waals surface area contributed by atoms with Gasteiger partial charge in [0, 0.05) is 18.2 Å². The summed E-state index contributed by atoms with van der Waals surface area (Å²) in [7, 11) is 0. The van der Waals surface area contributed by atoms with Gasteiger partial charge in [-0.25, -0.2) is 4.68 Å². The molecular weight excluding hydrogens is 258 g/mol. The van der Waals surface area contributed by atoms with Crippen molar-refractivity contribution in [2.75, 3.05) is 6.54 Å². The molecule has 1 aromatic heterocycles. The van der Waals surface area contributed by atoms with Crippen LogP contribution in [0.4, 0.5) is 5.69 Å². The molecule has 0 aliphatic heterocycles. The molecule has 2 aromatic rings. The molecule has 0 radical (unpaired) electrons. The molecule has 2 rings (SSSR count). The van der Waals surface area contributed by atoms with Crippen molar-refractivity contribution in [1.29, 1.82) is 0 Å². The third-order valence-electron chi connectivity index (χ3n) is 3.05. The Balaban J connectivity index is 2.35. The Morgan fingerprint density at radius 3 is 2.75 bits per heavy atom. The van der Waals surface area contributed by atoms with Crippen molar-refractivity contribution in [3.8, 4) is 5.69 Å². The lowest BCUT2D eigenvalue weighted by molar-refractivity contribution is -0.385. The van der Waals surface area contributed by atoms with Gasteiger partial charge in [-0.2, -0.15) is 0 Å². The summed E-state index contributed by atoms with van der Waals surface area (Å²) in [6.07, 6.45) is 1.83. The van der Waals surface area contributed by atoms with Gasteiger partial charge in [-0.3, -0.25) is 10.1 Å². The first-order chi connectivity index (χ1) is 9.52. The number of nitrogens with one attached hydrogen (secondary N) is 1. The van der Waals surface area contributed by atoms with E-state index in [9.17, 15) is 10.1 Å². The molecule has 0 saturated heterocycles. The molecule has 0 spiro atoms. The summed E-state index contributed by atoms with van der Waals surface area (Å²) < 4.78 is 1.65. The van der Waals surface area contributed by atoms with Crippen LogP contribution in [0, 0.1) is 24.0 Å². The topological polar surface area (TPSA) is 85.9 Å². The van der Waals surface area contributed by atoms with Crippen LogP contribution in [0.2, 0.25) is 0 Å². The van der Waals surface area contributed by atoms with Crippen LogP contribution >= 0.6 is 0 Å². The molecule has 7 heteroatoms. The second-order valence-corrected chi connectivity index (χ2v) is 4.62. The maximum Gasteiger partial charge on any atom is 0.272 e. The fourth-order valence-electron chi connectivity index (χ4n) is 1.98. The molecule has 0 aliphatic carbocycles. The molecule has 1 aromatic carbocycles. The van der Waals surface area contributed by atoms with Crippen molar-refractivity contribution >= 4 is 5.69 Å². The SMILES string of the molecule is CCNCc1cn(-c2cc(C)c([N+](=O)[O-])cc2C)nn1. The van der Waals surface area contributed by atoms with E-state index in [0.29, 0.717) is 12.1 Å². The zero-order valence-electron chi connectivity index (χ0n) is 11.8. The zero-order valence-corrected chi connectivity index (χ0v) is 11.8. The molecule has 1 heterocycles. The van der Waals surface area contributed by atoms with Crippen molar-refractivity contribution in [1.82, 2.24) is 20.3 Å². The Hall–Kier alpha value is -2.28. The highest BCUT2D eigenvalue weighted by atomic mass is 16.6. The van der Waals surface area contributed by atoms with E-state index in [1.54, 1.807) is 23.7 Å². The summed E-state index contributed by atoms with van der Waals surface area (Å²) in [4.78, 5) is 10.5. The van der Waals surface area contributed by atoms with E-state index in [0.717, 1.165) is 23.5 Å². The Morgan fingerprint density at radius 1 is 1.35 bits per heavy atom. The molecule has 0 bridgehead atoms. The van der Waals surface area contributed by atoms with Gasteiger partial charge in [0.1, 0.15) is 0 Å². The van der Waals surface area contributed by atoms with E-state index in [-0.39, 0.29) is 10.6 Å². The maximum absolute atomic E-state index is 10.9. The van der Waals surface area contributed by atoms with Crippen molar-refractivity contribution < 1.29 is 4.92 Å². The second-order valence-electron chi connectivity index (χ2n) is 4.62. The minimum atomic E-state index is -0.371. The zero-order chi connectivity index (χ0) is 14.7. The summed E-state index contributed by atoms with van der Waals surface area (Å²) in [6, 6.07) is 3.33. The van der Waals surface area contributed by atoms with Crippen LogP contribution in [-0.2, 0) is 6.54 Å². The number of nitro groups is 1. The van der Waals surface area contributed by atoms with Gasteiger partial charge >= 0.3 is 0 Å². The maximum atomic E-state index is 10.9. The van der Waals surface area contributed by atoms with Crippen LogP contribution in [0.3, 0.4) is 0 Å². The molecule has 0 atom stereocenters. The largest absolute Gasteiger partial charge is 0.311 e. The Labute approximate surface area is 116 Å². The molecule has 0 fully saturated rings. The van der Waals surface area contributed by atoms with Gasteiger partial charge < -0.3 is 5.32 Å². The molecule has 0 saturated carbocycles. The highest BCUT2D eigenvalue weighted by Crippen LogP contribution is 2.24. The number of nitro benzene ring substituents is 1. The minimum absolute atomic E-state index is 0.124. The monoisotopic (exact) mass is 275 g/mol. The van der Waals surface area contributed by atoms with E-state index in [2.05, 4.69) is 15.6 Å². The van der Waals surface area contributed by atoms with Crippen LogP contribution < -0.4 is 5.32 Å². The standard InChI is InChI=1S/C13H17N5O2/c1-4-14-7-11-8-17(16-15-11)12-5-10(3)13(18(19)20)6-9(12)2/h5-6,8,14H,4,7H2,1-3H3. The van der Waals surface area contributed by atoms with Gasteiger partial charge in [0.15, 0.2) is 0 Å². The lowest BCUT2D eigenvalue weighted by Crippen LogP contribution is -2.11. The fraction of sp³-hybridized carbons (Fsp3) is 0.385. The van der Waals surface area contributed by atoms with Crippen molar-refractivity contribution in [2.24, 2.45) is 0 Å². The minimum Gasteiger partial charge on any atom is -0.311 e. The Morgan fingerprint density at radius 2 is 2.10 bits per heavy atom. The van der Waals surface area contributed by atoms with E-state index >= 15 is 0 Å². The van der Waals surface area contributed by atoms with Gasteiger partial charge in [-0.05, 0) is 32.0 Å². The lowest BCUT2D eigenvalue weighted by atomic mass is 10.1. The summed E-state index contributed by atoms with van der Waals surface area (Å²) in [6.45, 7) is 7.09. The van der Waals surface area contributed by atoms with Crippen molar-refractivity contribution in [2.45, 2.75) is 27.3 Å². The van der Waals surface area contributed by atoms with Gasteiger partial charge in [0.25, 0.3) is 5.69 Å². The first-order valence-electron chi connectivity index (χ1n) is 6.41. The molecule has 0 aliphatic rings. The predicted octanol–water partition coefficient (Wildman–Crippen LogP) is 1.90. The third-order valence-corrected chi connectivity index (χ3v) is 3.05. The number of hydrogen-bond donors (Lipinski definition) is 1. The van der Waals surface area contributed by atoms with Gasteiger partial charge in [-0.15, -0.1) is 5.10 Å². The number of benzene rings is 1. The molecular formula is C13H17N5O2. The smallest absolute Gasteiger partial charge is 0.272 e. The van der Waals surface area contributed by atoms with Crippen molar-refractivity contribution in [3.63, 3.8) is 0 Å². The van der Waals surface area contributed by atoms with E-state index < -0.39 is 0 Å². The molecule has 20 heavy (non-hydrogen) atoms. The summed E-state index contributed by atoms with van der Waals surface area (Å²) in [5, 5.41) is 22.2. The quantitative estimate of drug-likeness (QED) is 0.665. The first-order valence-corrected chi connectivity index (χ1v) is 6.41. The van der Waals surface area contributed by atoms with Gasteiger partial charge in [-0.1, -0.05) is 12.1 Å². The van der Waals surface area contributed by atoms with Crippen LogP contribution in [0.1, 0.15) is 23.7 Å². The van der Waals surface area contributed by atoms with Crippen LogP contribution in [0.15, 0.2) is 18.3 Å². The average Bonchev–Trinajstić information content (AvgIpc) is 2.86. The Bertz CT molecular complexity index is 636. The van der Waals surface area contributed by atoms with E-state index in [1.807, 2.05) is 20.0 Å². The first kappa shape index (κ1) is 14.1. The summed E-state index contributed by atoms with van der Waals surface area (Å²) in [5.41, 5.74) is 3.17. The normalized spacial score (nSPS) is 10.8. The number of aromatic nitrogens is 3. The van der Waals surface area contributed by atoms with E-state index in [4.69, 9.17) is 0 Å². The summed E-state index contributed by atoms with van der Waals surface area (Å²) in [5.74, 6) is 0. The Kier molecular flexibility index (Phi) is 4.09. The molecule has 0 amide bonds. The highest BCUT2D eigenvalue weighted by Gasteiger charge is 2.15. The number of rotatable bonds is 5. The van der Waals surface area contributed by atoms with Crippen LogP contribution in [-0.4, -0.2) is 26.5 Å². The van der Waals surface area contributed by atoms with Crippen molar-refractivity contribution in [3.05, 3.63) is 45.3 Å².